The van der Waals surface area contributed by atoms with Crippen molar-refractivity contribution >= 4 is 27.5 Å². The summed E-state index contributed by atoms with van der Waals surface area (Å²) < 4.78 is 28.9. The Morgan fingerprint density at radius 2 is 1.79 bits per heavy atom. The van der Waals surface area contributed by atoms with Crippen LogP contribution in [0.15, 0.2) is 47.5 Å². The van der Waals surface area contributed by atoms with Crippen LogP contribution in [0.3, 0.4) is 0 Å². The van der Waals surface area contributed by atoms with E-state index in [-0.39, 0.29) is 17.4 Å². The van der Waals surface area contributed by atoms with Crippen LogP contribution in [-0.4, -0.2) is 43.3 Å². The molecule has 2 aromatic rings. The molecule has 1 aliphatic rings. The third kappa shape index (κ3) is 5.15. The quantitative estimate of drug-likeness (QED) is 0.744. The van der Waals surface area contributed by atoms with Crippen molar-refractivity contribution in [3.05, 3.63) is 58.9 Å². The summed E-state index contributed by atoms with van der Waals surface area (Å²) in [4.78, 5) is 18.6. The summed E-state index contributed by atoms with van der Waals surface area (Å²) in [7, 11) is -3.65. The summed E-state index contributed by atoms with van der Waals surface area (Å²) in [5.41, 5.74) is 0.983. The lowest BCUT2D eigenvalue weighted by Crippen LogP contribution is -2.46. The second-order valence-corrected chi connectivity index (χ2v) is 10.4. The lowest BCUT2D eigenvalue weighted by atomic mass is 9.87. The van der Waals surface area contributed by atoms with Crippen molar-refractivity contribution in [1.29, 1.82) is 0 Å². The number of amides is 1. The highest BCUT2D eigenvalue weighted by molar-refractivity contribution is 7.89. The zero-order chi connectivity index (χ0) is 21.2. The molecule has 0 unspecified atom stereocenters. The zero-order valence-corrected chi connectivity index (χ0v) is 18.4. The molecule has 0 bridgehead atoms. The molecule has 2 heterocycles. The zero-order valence-electron chi connectivity index (χ0n) is 16.9. The average Bonchev–Trinajstić information content (AvgIpc) is 2.68. The number of hydrogen-bond donors (Lipinski definition) is 1. The van der Waals surface area contributed by atoms with Gasteiger partial charge in [-0.2, -0.15) is 0 Å². The fraction of sp³-hybridized carbons (Fsp3) is 0.429. The smallest absolute Gasteiger partial charge is 0.255 e. The van der Waals surface area contributed by atoms with Crippen LogP contribution >= 0.6 is 11.6 Å². The maximum absolute atomic E-state index is 13.0. The van der Waals surface area contributed by atoms with E-state index in [0.717, 1.165) is 5.56 Å². The van der Waals surface area contributed by atoms with E-state index in [1.807, 2.05) is 32.9 Å². The Labute approximate surface area is 177 Å². The second-order valence-electron chi connectivity index (χ2n) is 8.30. The van der Waals surface area contributed by atoms with E-state index in [0.29, 0.717) is 41.5 Å². The minimum Gasteiger partial charge on any atom is -0.338 e. The number of aromatic nitrogens is 1. The monoisotopic (exact) mass is 435 g/mol. The molecular weight excluding hydrogens is 410 g/mol. The Kier molecular flexibility index (Phi) is 6.31. The molecule has 1 aliphatic heterocycles. The lowest BCUT2D eigenvalue weighted by molar-refractivity contribution is 0.0711. The molecular formula is C21H26ClN3O3S. The number of nitrogens with zero attached hydrogens (tertiary/aromatic N) is 2. The minimum absolute atomic E-state index is 0.117. The van der Waals surface area contributed by atoms with Gasteiger partial charge in [-0.15, -0.1) is 0 Å². The normalized spacial score (nSPS) is 16.1. The van der Waals surface area contributed by atoms with Crippen molar-refractivity contribution in [3.8, 4) is 0 Å². The van der Waals surface area contributed by atoms with E-state index < -0.39 is 10.0 Å². The predicted octanol–water partition coefficient (Wildman–Crippen LogP) is 3.62. The van der Waals surface area contributed by atoms with Crippen LogP contribution in [0, 0.1) is 0 Å². The van der Waals surface area contributed by atoms with Crippen molar-refractivity contribution in [2.24, 2.45) is 0 Å². The van der Waals surface area contributed by atoms with Crippen molar-refractivity contribution < 1.29 is 13.2 Å². The number of sulfonamides is 1. The van der Waals surface area contributed by atoms with Crippen LogP contribution in [0.2, 0.25) is 5.15 Å². The molecule has 1 aromatic carbocycles. The van der Waals surface area contributed by atoms with Gasteiger partial charge in [-0.3, -0.25) is 4.79 Å². The molecule has 1 amide bonds. The van der Waals surface area contributed by atoms with Gasteiger partial charge in [-0.1, -0.05) is 50.6 Å². The molecule has 0 aliphatic carbocycles. The summed E-state index contributed by atoms with van der Waals surface area (Å²) >= 11 is 5.77. The maximum atomic E-state index is 13.0. The molecule has 3 rings (SSSR count). The Balaban J connectivity index is 1.66. The van der Waals surface area contributed by atoms with E-state index in [2.05, 4.69) is 9.71 Å². The van der Waals surface area contributed by atoms with Gasteiger partial charge >= 0.3 is 0 Å². The number of nitrogens with one attached hydrogen (secondary N) is 1. The number of likely N-dealkylation sites (tertiary alicyclic amines) is 1. The number of carbonyl (C=O) groups is 1. The summed E-state index contributed by atoms with van der Waals surface area (Å²) in [6.07, 6.45) is 2.58. The van der Waals surface area contributed by atoms with Gasteiger partial charge in [0.25, 0.3) is 5.91 Å². The van der Waals surface area contributed by atoms with Crippen LogP contribution in [0.5, 0.6) is 0 Å². The Bertz CT molecular complexity index is 977. The molecule has 0 saturated carbocycles. The van der Waals surface area contributed by atoms with Crippen LogP contribution in [0.1, 0.15) is 49.5 Å². The summed E-state index contributed by atoms with van der Waals surface area (Å²) in [5, 5.41) is 0.338. The number of hydrogen-bond acceptors (Lipinski definition) is 4. The SMILES string of the molecule is CC(C)(C)c1ccccc1S(=O)(=O)NC1CCN(C(=O)c2ccc(Cl)nc2)CC1. The van der Waals surface area contributed by atoms with E-state index >= 15 is 0 Å². The summed E-state index contributed by atoms with van der Waals surface area (Å²) in [6.45, 7) is 6.95. The van der Waals surface area contributed by atoms with Crippen molar-refractivity contribution in [1.82, 2.24) is 14.6 Å². The van der Waals surface area contributed by atoms with E-state index in [9.17, 15) is 13.2 Å². The van der Waals surface area contributed by atoms with Crippen LogP contribution in [0.25, 0.3) is 0 Å². The fourth-order valence-electron chi connectivity index (χ4n) is 3.49. The molecule has 1 N–H and O–H groups in total. The fourth-order valence-corrected chi connectivity index (χ4v) is 5.32. The second kappa shape index (κ2) is 8.42. The average molecular weight is 436 g/mol. The third-order valence-electron chi connectivity index (χ3n) is 5.06. The van der Waals surface area contributed by atoms with Gasteiger partial charge < -0.3 is 4.90 Å². The first-order valence-electron chi connectivity index (χ1n) is 9.60. The molecule has 1 saturated heterocycles. The molecule has 0 atom stereocenters. The van der Waals surface area contributed by atoms with Gasteiger partial charge in [-0.25, -0.2) is 18.1 Å². The van der Waals surface area contributed by atoms with Gasteiger partial charge in [0.2, 0.25) is 10.0 Å². The Morgan fingerprint density at radius 3 is 2.38 bits per heavy atom. The number of halogens is 1. The minimum atomic E-state index is -3.65. The molecule has 0 radical (unpaired) electrons. The summed E-state index contributed by atoms with van der Waals surface area (Å²) in [6, 6.07) is 10.1. The Hall–Kier alpha value is -1.96. The van der Waals surface area contributed by atoms with Crippen LogP contribution < -0.4 is 4.72 Å². The van der Waals surface area contributed by atoms with Crippen LogP contribution in [0.4, 0.5) is 0 Å². The number of benzene rings is 1. The molecule has 1 aromatic heterocycles. The van der Waals surface area contributed by atoms with Crippen LogP contribution in [-0.2, 0) is 15.4 Å². The predicted molar refractivity (Wildman–Crippen MR) is 114 cm³/mol. The highest BCUT2D eigenvalue weighted by atomic mass is 35.5. The largest absolute Gasteiger partial charge is 0.338 e. The highest BCUT2D eigenvalue weighted by Crippen LogP contribution is 2.29. The summed E-state index contributed by atoms with van der Waals surface area (Å²) in [5.74, 6) is -0.117. The first-order chi connectivity index (χ1) is 13.6. The third-order valence-corrected chi connectivity index (χ3v) is 6.87. The van der Waals surface area contributed by atoms with Crippen molar-refractivity contribution in [2.75, 3.05) is 13.1 Å². The number of rotatable bonds is 4. The number of piperidine rings is 1. The molecule has 1 fully saturated rings. The number of pyridine rings is 1. The standard InChI is InChI=1S/C21H26ClN3O3S/c1-21(2,3)17-6-4-5-7-18(17)29(27,28)24-16-10-12-25(13-11-16)20(26)15-8-9-19(22)23-14-15/h4-9,14,16,24H,10-13H2,1-3H3. The van der Waals surface area contributed by atoms with Gasteiger partial charge in [0.05, 0.1) is 10.5 Å². The topological polar surface area (TPSA) is 79.4 Å². The van der Waals surface area contributed by atoms with E-state index in [4.69, 9.17) is 11.6 Å². The van der Waals surface area contributed by atoms with Gasteiger partial charge in [-0.05, 0) is 42.0 Å². The van der Waals surface area contributed by atoms with Gasteiger partial charge in [0.15, 0.2) is 0 Å². The van der Waals surface area contributed by atoms with Crippen molar-refractivity contribution in [3.63, 3.8) is 0 Å². The molecule has 8 heteroatoms. The molecule has 0 spiro atoms. The van der Waals surface area contributed by atoms with E-state index in [1.54, 1.807) is 29.2 Å². The van der Waals surface area contributed by atoms with Crippen molar-refractivity contribution in [2.45, 2.75) is 50.0 Å². The molecule has 6 nitrogen and oxygen atoms in total. The maximum Gasteiger partial charge on any atom is 0.255 e. The first kappa shape index (κ1) is 21.7. The van der Waals surface area contributed by atoms with E-state index in [1.165, 1.54) is 6.20 Å². The Morgan fingerprint density at radius 1 is 1.14 bits per heavy atom. The lowest BCUT2D eigenvalue weighted by Gasteiger charge is -2.32. The molecule has 29 heavy (non-hydrogen) atoms. The van der Waals surface area contributed by atoms with Gasteiger partial charge in [0.1, 0.15) is 5.15 Å². The first-order valence-corrected chi connectivity index (χ1v) is 11.5. The van der Waals surface area contributed by atoms with Gasteiger partial charge in [0, 0.05) is 25.3 Å². The highest BCUT2D eigenvalue weighted by Gasteiger charge is 2.30. The molecule has 156 valence electrons. The number of carbonyl (C=O) groups excluding carboxylic acids is 1.